The van der Waals surface area contributed by atoms with E-state index < -0.39 is 0 Å². The maximum Gasteiger partial charge on any atom is 0.137 e. The average molecular weight is 292 g/mol. The van der Waals surface area contributed by atoms with Crippen molar-refractivity contribution in [2.75, 3.05) is 19.0 Å². The Kier molecular flexibility index (Phi) is 5.13. The second-order valence-corrected chi connectivity index (χ2v) is 4.69. The Labute approximate surface area is 124 Å². The monoisotopic (exact) mass is 291 g/mol. The van der Waals surface area contributed by atoms with Crippen LogP contribution in [-0.4, -0.2) is 13.7 Å². The third-order valence-corrected chi connectivity index (χ3v) is 3.15. The Morgan fingerprint density at radius 1 is 1.15 bits per heavy atom. The number of nitrogens with one attached hydrogen (secondary N) is 1. The van der Waals surface area contributed by atoms with Crippen LogP contribution in [0.2, 0.25) is 5.02 Å². The fourth-order valence-corrected chi connectivity index (χ4v) is 2.15. The number of hydrogen-bond acceptors (Lipinski definition) is 3. The molecule has 0 saturated heterocycles. The third-order valence-electron chi connectivity index (χ3n) is 2.86. The van der Waals surface area contributed by atoms with Crippen molar-refractivity contribution in [3.05, 3.63) is 53.1 Å². The third kappa shape index (κ3) is 3.81. The first-order valence-corrected chi connectivity index (χ1v) is 6.90. The summed E-state index contributed by atoms with van der Waals surface area (Å²) < 4.78 is 10.6. The zero-order valence-electron chi connectivity index (χ0n) is 11.7. The molecular weight excluding hydrogens is 274 g/mol. The van der Waals surface area contributed by atoms with Gasteiger partial charge in [-0.1, -0.05) is 23.7 Å². The van der Waals surface area contributed by atoms with Gasteiger partial charge in [0.2, 0.25) is 0 Å². The van der Waals surface area contributed by atoms with Gasteiger partial charge in [-0.2, -0.15) is 0 Å². The molecule has 0 bridgehead atoms. The van der Waals surface area contributed by atoms with Crippen molar-refractivity contribution < 1.29 is 9.47 Å². The van der Waals surface area contributed by atoms with Gasteiger partial charge in [-0.15, -0.1) is 0 Å². The molecule has 2 aromatic rings. The van der Waals surface area contributed by atoms with E-state index in [4.69, 9.17) is 21.1 Å². The first-order chi connectivity index (χ1) is 9.72. The fraction of sp³-hybridized carbons (Fsp3) is 0.250. The first-order valence-electron chi connectivity index (χ1n) is 6.52. The van der Waals surface area contributed by atoms with Gasteiger partial charge in [-0.05, 0) is 42.8 Å². The van der Waals surface area contributed by atoms with Crippen molar-refractivity contribution in [2.45, 2.75) is 13.5 Å². The molecule has 0 aromatic heterocycles. The van der Waals surface area contributed by atoms with Crippen molar-refractivity contribution in [1.82, 2.24) is 0 Å². The topological polar surface area (TPSA) is 30.5 Å². The second-order valence-electron chi connectivity index (χ2n) is 4.28. The second kappa shape index (κ2) is 7.06. The van der Waals surface area contributed by atoms with E-state index in [0.717, 1.165) is 17.0 Å². The Morgan fingerprint density at radius 2 is 2.00 bits per heavy atom. The summed E-state index contributed by atoms with van der Waals surface area (Å²) in [7, 11) is 1.60. The van der Waals surface area contributed by atoms with Gasteiger partial charge in [0.1, 0.15) is 11.5 Å². The van der Waals surface area contributed by atoms with Crippen LogP contribution in [0.15, 0.2) is 42.5 Å². The molecule has 0 aliphatic carbocycles. The summed E-state index contributed by atoms with van der Waals surface area (Å²) in [5.41, 5.74) is 2.11. The molecule has 20 heavy (non-hydrogen) atoms. The molecule has 3 nitrogen and oxygen atoms in total. The summed E-state index contributed by atoms with van der Waals surface area (Å²) in [6.07, 6.45) is 0. The summed E-state index contributed by atoms with van der Waals surface area (Å²) in [5, 5.41) is 3.92. The Hall–Kier alpha value is -1.87. The number of methoxy groups -OCH3 is 1. The molecule has 0 amide bonds. The Balaban J connectivity index is 2.01. The molecule has 0 aliphatic heterocycles. The molecule has 0 atom stereocenters. The molecule has 1 N–H and O–H groups in total. The van der Waals surface area contributed by atoms with Crippen LogP contribution in [0.25, 0.3) is 0 Å². The van der Waals surface area contributed by atoms with Crippen molar-refractivity contribution in [2.24, 2.45) is 0 Å². The van der Waals surface area contributed by atoms with E-state index in [9.17, 15) is 0 Å². The highest BCUT2D eigenvalue weighted by Gasteiger charge is 2.02. The predicted octanol–water partition coefficient (Wildman–Crippen LogP) is 4.36. The molecule has 0 saturated carbocycles. The number of rotatable bonds is 6. The highest BCUT2D eigenvalue weighted by Crippen LogP contribution is 2.27. The normalized spacial score (nSPS) is 10.2. The van der Waals surface area contributed by atoms with Gasteiger partial charge < -0.3 is 14.8 Å². The summed E-state index contributed by atoms with van der Waals surface area (Å²) in [4.78, 5) is 0. The number of hydrogen-bond donors (Lipinski definition) is 1. The van der Waals surface area contributed by atoms with Crippen LogP contribution in [-0.2, 0) is 6.54 Å². The van der Waals surface area contributed by atoms with Crippen molar-refractivity contribution >= 4 is 17.3 Å². The summed E-state index contributed by atoms with van der Waals surface area (Å²) in [5.74, 6) is 1.56. The van der Waals surface area contributed by atoms with Crippen LogP contribution in [0.5, 0.6) is 11.5 Å². The fourth-order valence-electron chi connectivity index (χ4n) is 1.89. The molecule has 0 fully saturated rings. The lowest BCUT2D eigenvalue weighted by atomic mass is 10.2. The van der Waals surface area contributed by atoms with Crippen LogP contribution in [0.1, 0.15) is 12.5 Å². The van der Waals surface area contributed by atoms with Gasteiger partial charge in [0.05, 0.1) is 18.7 Å². The molecule has 4 heteroatoms. The maximum atomic E-state index is 6.09. The van der Waals surface area contributed by atoms with E-state index in [1.807, 2.05) is 43.3 Å². The smallest absolute Gasteiger partial charge is 0.137 e. The van der Waals surface area contributed by atoms with E-state index in [1.54, 1.807) is 7.11 Å². The van der Waals surface area contributed by atoms with Gasteiger partial charge >= 0.3 is 0 Å². The molecule has 106 valence electrons. The average Bonchev–Trinajstić information content (AvgIpc) is 2.46. The number of halogens is 1. The predicted molar refractivity (Wildman–Crippen MR) is 82.9 cm³/mol. The Morgan fingerprint density at radius 3 is 2.70 bits per heavy atom. The van der Waals surface area contributed by atoms with Crippen molar-refractivity contribution in [3.63, 3.8) is 0 Å². The minimum absolute atomic E-state index is 0.598. The highest BCUT2D eigenvalue weighted by molar-refractivity contribution is 6.32. The van der Waals surface area contributed by atoms with Gasteiger partial charge in [-0.25, -0.2) is 0 Å². The number of benzene rings is 2. The lowest BCUT2D eigenvalue weighted by molar-refractivity contribution is 0.340. The molecule has 2 rings (SSSR count). The lowest BCUT2D eigenvalue weighted by Gasteiger charge is -2.10. The van der Waals surface area contributed by atoms with Gasteiger partial charge in [0.15, 0.2) is 0 Å². The largest absolute Gasteiger partial charge is 0.495 e. The van der Waals surface area contributed by atoms with Gasteiger partial charge in [0.25, 0.3) is 0 Å². The van der Waals surface area contributed by atoms with Crippen LogP contribution >= 0.6 is 11.6 Å². The van der Waals surface area contributed by atoms with Crippen molar-refractivity contribution in [3.8, 4) is 11.5 Å². The molecule has 0 heterocycles. The maximum absolute atomic E-state index is 6.09. The molecule has 0 radical (unpaired) electrons. The van der Waals surface area contributed by atoms with Gasteiger partial charge in [-0.3, -0.25) is 0 Å². The van der Waals surface area contributed by atoms with E-state index in [-0.39, 0.29) is 0 Å². The van der Waals surface area contributed by atoms with Crippen molar-refractivity contribution in [1.29, 1.82) is 0 Å². The molecule has 0 spiro atoms. The highest BCUT2D eigenvalue weighted by atomic mass is 35.5. The van der Waals surface area contributed by atoms with E-state index in [1.165, 1.54) is 0 Å². The zero-order valence-corrected chi connectivity index (χ0v) is 12.4. The van der Waals surface area contributed by atoms with Crippen LogP contribution in [0.3, 0.4) is 0 Å². The summed E-state index contributed by atoms with van der Waals surface area (Å²) in [6.45, 7) is 3.36. The quantitative estimate of drug-likeness (QED) is 0.858. The van der Waals surface area contributed by atoms with Gasteiger partial charge in [0, 0.05) is 12.2 Å². The summed E-state index contributed by atoms with van der Waals surface area (Å²) in [6, 6.07) is 13.7. The minimum Gasteiger partial charge on any atom is -0.495 e. The van der Waals surface area contributed by atoms with Crippen LogP contribution < -0.4 is 14.8 Å². The molecule has 2 aromatic carbocycles. The number of anilines is 1. The first kappa shape index (κ1) is 14.5. The standard InChI is InChI=1S/C16H18ClNO2/c1-3-20-14-6-4-5-12(9-14)11-18-13-7-8-16(19-2)15(17)10-13/h4-10,18H,3,11H2,1-2H3. The zero-order chi connectivity index (χ0) is 14.4. The van der Waals surface area contributed by atoms with E-state index >= 15 is 0 Å². The molecule has 0 unspecified atom stereocenters. The SMILES string of the molecule is CCOc1cccc(CNc2ccc(OC)c(Cl)c2)c1. The lowest BCUT2D eigenvalue weighted by Crippen LogP contribution is -2.00. The molecular formula is C16H18ClNO2. The Bertz CT molecular complexity index is 572. The summed E-state index contributed by atoms with van der Waals surface area (Å²) >= 11 is 6.09. The molecule has 0 aliphatic rings. The van der Waals surface area contributed by atoms with Crippen LogP contribution in [0.4, 0.5) is 5.69 Å². The van der Waals surface area contributed by atoms with E-state index in [2.05, 4.69) is 11.4 Å². The minimum atomic E-state index is 0.598. The van der Waals surface area contributed by atoms with Crippen LogP contribution in [0, 0.1) is 0 Å². The van der Waals surface area contributed by atoms with E-state index in [0.29, 0.717) is 23.9 Å². The number of ether oxygens (including phenoxy) is 2.